The van der Waals surface area contributed by atoms with Crippen LogP contribution in [0.3, 0.4) is 0 Å². The van der Waals surface area contributed by atoms with Crippen LogP contribution in [0, 0.1) is 5.92 Å². The Morgan fingerprint density at radius 1 is 1.08 bits per heavy atom. The monoisotopic (exact) mass is 451 g/mol. The molecule has 1 N–H and O–H groups in total. The average Bonchev–Trinajstić information content (AvgIpc) is 2.83. The lowest BCUT2D eigenvalue weighted by molar-refractivity contribution is 0.0411. The highest BCUT2D eigenvalue weighted by Crippen LogP contribution is 2.20. The van der Waals surface area contributed by atoms with Crippen LogP contribution in [0.4, 0.5) is 0 Å². The first-order valence-corrected chi connectivity index (χ1v) is 9.87. The van der Waals surface area contributed by atoms with Crippen molar-refractivity contribution in [3.63, 3.8) is 0 Å². The van der Waals surface area contributed by atoms with Crippen LogP contribution >= 0.6 is 24.0 Å². The van der Waals surface area contributed by atoms with E-state index in [0.717, 1.165) is 51.0 Å². The molecule has 0 aromatic carbocycles. The number of nitrogens with one attached hydrogen (secondary N) is 1. The van der Waals surface area contributed by atoms with Crippen molar-refractivity contribution in [3.05, 3.63) is 0 Å². The zero-order valence-corrected chi connectivity index (χ0v) is 18.1. The molecule has 1 atom stereocenters. The highest BCUT2D eigenvalue weighted by Gasteiger charge is 2.18. The smallest absolute Gasteiger partial charge is 0.193 e. The lowest BCUT2D eigenvalue weighted by atomic mass is 10.0. The molecule has 142 valence electrons. The number of aliphatic imine (C=N–C) groups is 1. The minimum absolute atomic E-state index is 0. The number of unbranched alkanes of at least 4 members (excludes halogenated alkanes) is 1. The fraction of sp³-hybridized carbons (Fsp3) is 0.947. The van der Waals surface area contributed by atoms with Crippen LogP contribution in [0.15, 0.2) is 4.99 Å². The molecule has 5 heteroatoms. The van der Waals surface area contributed by atoms with Crippen LogP contribution in [-0.4, -0.2) is 50.3 Å². The van der Waals surface area contributed by atoms with Gasteiger partial charge < -0.3 is 15.0 Å². The second-order valence-electron chi connectivity index (χ2n) is 7.36. The van der Waals surface area contributed by atoms with Crippen molar-refractivity contribution >= 4 is 29.9 Å². The lowest BCUT2D eigenvalue weighted by Gasteiger charge is -2.33. The van der Waals surface area contributed by atoms with Gasteiger partial charge in [0.2, 0.25) is 0 Å². The predicted octanol–water partition coefficient (Wildman–Crippen LogP) is 4.43. The van der Waals surface area contributed by atoms with Crippen molar-refractivity contribution in [1.29, 1.82) is 0 Å². The summed E-state index contributed by atoms with van der Waals surface area (Å²) in [7, 11) is 1.90. The van der Waals surface area contributed by atoms with E-state index in [1.165, 1.54) is 51.4 Å². The molecule has 2 fully saturated rings. The first-order valence-electron chi connectivity index (χ1n) is 9.87. The molecule has 0 bridgehead atoms. The van der Waals surface area contributed by atoms with Gasteiger partial charge in [0.05, 0.1) is 6.10 Å². The number of hydrogen-bond donors (Lipinski definition) is 1. The van der Waals surface area contributed by atoms with Crippen LogP contribution < -0.4 is 5.32 Å². The summed E-state index contributed by atoms with van der Waals surface area (Å²) in [5.41, 5.74) is 0. The summed E-state index contributed by atoms with van der Waals surface area (Å²) in [5.74, 6) is 1.87. The van der Waals surface area contributed by atoms with E-state index in [4.69, 9.17) is 4.74 Å². The molecule has 0 aromatic rings. The first-order chi connectivity index (χ1) is 11.3. The molecule has 2 aliphatic rings. The molecule has 1 aliphatic heterocycles. The van der Waals surface area contributed by atoms with Crippen molar-refractivity contribution in [2.45, 2.75) is 77.2 Å². The number of halogens is 1. The van der Waals surface area contributed by atoms with E-state index in [1.54, 1.807) is 0 Å². The normalized spacial score (nSPS) is 23.5. The zero-order chi connectivity index (χ0) is 16.3. The van der Waals surface area contributed by atoms with Crippen LogP contribution in [0.1, 0.15) is 71.1 Å². The van der Waals surface area contributed by atoms with Gasteiger partial charge in [-0.15, -0.1) is 24.0 Å². The topological polar surface area (TPSA) is 36.9 Å². The Hall–Kier alpha value is -0.0400. The molecule has 0 spiro atoms. The number of nitrogens with zero attached hydrogens (tertiary/aromatic N) is 2. The Bertz CT molecular complexity index is 344. The molecule has 1 heterocycles. The zero-order valence-electron chi connectivity index (χ0n) is 15.8. The van der Waals surface area contributed by atoms with Gasteiger partial charge in [-0.25, -0.2) is 0 Å². The fourth-order valence-corrected chi connectivity index (χ4v) is 3.80. The fourth-order valence-electron chi connectivity index (χ4n) is 3.80. The van der Waals surface area contributed by atoms with Crippen LogP contribution in [0.5, 0.6) is 0 Å². The molecule has 1 saturated heterocycles. The molecule has 2 rings (SSSR count). The Morgan fingerprint density at radius 3 is 2.50 bits per heavy atom. The molecular weight excluding hydrogens is 413 g/mol. The quantitative estimate of drug-likeness (QED) is 0.213. The summed E-state index contributed by atoms with van der Waals surface area (Å²) in [6.07, 6.45) is 13.6. The van der Waals surface area contributed by atoms with Gasteiger partial charge in [-0.2, -0.15) is 0 Å². The van der Waals surface area contributed by atoms with Gasteiger partial charge in [-0.3, -0.25) is 4.99 Å². The lowest BCUT2D eigenvalue weighted by Crippen LogP contribution is -2.46. The van der Waals surface area contributed by atoms with Crippen molar-refractivity contribution < 1.29 is 4.74 Å². The van der Waals surface area contributed by atoms with E-state index in [2.05, 4.69) is 22.1 Å². The van der Waals surface area contributed by atoms with Gasteiger partial charge in [0.25, 0.3) is 0 Å². The Morgan fingerprint density at radius 2 is 1.83 bits per heavy atom. The highest BCUT2D eigenvalue weighted by atomic mass is 127. The molecule has 0 amide bonds. The number of ether oxygens (including phenoxy) is 1. The summed E-state index contributed by atoms with van der Waals surface area (Å²) in [4.78, 5) is 6.86. The summed E-state index contributed by atoms with van der Waals surface area (Å²) in [6.45, 7) is 6.56. The predicted molar refractivity (Wildman–Crippen MR) is 113 cm³/mol. The summed E-state index contributed by atoms with van der Waals surface area (Å²) in [5, 5.41) is 3.53. The molecule has 0 radical (unpaired) electrons. The van der Waals surface area contributed by atoms with E-state index < -0.39 is 0 Å². The molecule has 1 saturated carbocycles. The third kappa shape index (κ3) is 8.37. The number of guanidine groups is 1. The summed E-state index contributed by atoms with van der Waals surface area (Å²) in [6, 6.07) is 0. The van der Waals surface area contributed by atoms with Gasteiger partial charge in [-0.1, -0.05) is 32.6 Å². The molecule has 1 aliphatic carbocycles. The van der Waals surface area contributed by atoms with Crippen molar-refractivity contribution in [2.75, 3.05) is 33.3 Å². The summed E-state index contributed by atoms with van der Waals surface area (Å²) >= 11 is 0. The van der Waals surface area contributed by atoms with Crippen LogP contribution in [-0.2, 0) is 4.74 Å². The molecule has 24 heavy (non-hydrogen) atoms. The minimum atomic E-state index is 0. The summed E-state index contributed by atoms with van der Waals surface area (Å²) < 4.78 is 6.06. The SMILES string of the molecule is CN=C(NCCCCOC1CCCCCC1)N1CCCC(C)C1.I. The molecule has 4 nitrogen and oxygen atoms in total. The van der Waals surface area contributed by atoms with Gasteiger partial charge in [0.1, 0.15) is 0 Å². The Kier molecular flexibility index (Phi) is 12.1. The average molecular weight is 451 g/mol. The largest absolute Gasteiger partial charge is 0.378 e. The van der Waals surface area contributed by atoms with Gasteiger partial charge in [0.15, 0.2) is 5.96 Å². The van der Waals surface area contributed by atoms with Crippen LogP contribution in [0.2, 0.25) is 0 Å². The number of hydrogen-bond acceptors (Lipinski definition) is 2. The second kappa shape index (κ2) is 13.2. The van der Waals surface area contributed by atoms with E-state index in [9.17, 15) is 0 Å². The third-order valence-electron chi connectivity index (χ3n) is 5.18. The van der Waals surface area contributed by atoms with Gasteiger partial charge in [-0.05, 0) is 44.4 Å². The van der Waals surface area contributed by atoms with Crippen molar-refractivity contribution in [3.8, 4) is 0 Å². The van der Waals surface area contributed by atoms with E-state index in [-0.39, 0.29) is 24.0 Å². The number of piperidine rings is 1. The Balaban J connectivity index is 0.00000288. The van der Waals surface area contributed by atoms with Crippen molar-refractivity contribution in [1.82, 2.24) is 10.2 Å². The maximum Gasteiger partial charge on any atom is 0.193 e. The maximum absolute atomic E-state index is 6.06. The van der Waals surface area contributed by atoms with E-state index >= 15 is 0 Å². The maximum atomic E-state index is 6.06. The van der Waals surface area contributed by atoms with E-state index in [1.807, 2.05) is 7.05 Å². The first kappa shape index (κ1) is 22.0. The minimum Gasteiger partial charge on any atom is -0.378 e. The van der Waals surface area contributed by atoms with Gasteiger partial charge >= 0.3 is 0 Å². The number of likely N-dealkylation sites (tertiary alicyclic amines) is 1. The number of rotatable bonds is 6. The van der Waals surface area contributed by atoms with E-state index in [0.29, 0.717) is 6.10 Å². The standard InChI is InChI=1S/C19H37N3O.HI/c1-17-10-9-14-22(16-17)19(20-2)21-13-7-8-15-23-18-11-5-3-4-6-12-18;/h17-18H,3-16H2,1-2H3,(H,20,21);1H. The molecule has 1 unspecified atom stereocenters. The van der Waals surface area contributed by atoms with Crippen molar-refractivity contribution in [2.24, 2.45) is 10.9 Å². The molecule has 0 aromatic heterocycles. The Labute approximate surface area is 166 Å². The van der Waals surface area contributed by atoms with Gasteiger partial charge in [0, 0.05) is 33.3 Å². The highest BCUT2D eigenvalue weighted by molar-refractivity contribution is 14.0. The third-order valence-corrected chi connectivity index (χ3v) is 5.18. The molecular formula is C19H38IN3O. The van der Waals surface area contributed by atoms with Crippen LogP contribution in [0.25, 0.3) is 0 Å². The second-order valence-corrected chi connectivity index (χ2v) is 7.36.